The molecule has 1 N–H and O–H groups in total. The molecular formula is C19H27N5O3. The van der Waals surface area contributed by atoms with Gasteiger partial charge in [0.2, 0.25) is 17.6 Å². The van der Waals surface area contributed by atoms with Gasteiger partial charge in [-0.25, -0.2) is 0 Å². The molecule has 1 aromatic heterocycles. The normalized spacial score (nSPS) is 15.9. The molecule has 0 spiro atoms. The summed E-state index contributed by atoms with van der Waals surface area (Å²) in [5.74, 6) is 2.00. The molecule has 8 heteroatoms. The van der Waals surface area contributed by atoms with Gasteiger partial charge in [-0.05, 0) is 26.0 Å². The first-order valence-electron chi connectivity index (χ1n) is 9.24. The molecule has 1 fully saturated rings. The molecule has 0 aliphatic carbocycles. The molecule has 0 atom stereocenters. The van der Waals surface area contributed by atoms with Gasteiger partial charge in [-0.3, -0.25) is 14.6 Å². The maximum Gasteiger partial charge on any atom is 0.241 e. The quantitative estimate of drug-likeness (QED) is 0.785. The summed E-state index contributed by atoms with van der Waals surface area (Å²) in [6.45, 7) is 8.44. The molecule has 1 aliphatic rings. The molecule has 1 amide bonds. The van der Waals surface area contributed by atoms with E-state index in [1.54, 1.807) is 7.11 Å². The summed E-state index contributed by atoms with van der Waals surface area (Å²) in [6, 6.07) is 7.77. The van der Waals surface area contributed by atoms with Crippen molar-refractivity contribution < 1.29 is 14.1 Å². The first-order chi connectivity index (χ1) is 13.0. The molecule has 1 aromatic carbocycles. The molecule has 146 valence electrons. The molecule has 0 saturated carbocycles. The second-order valence-corrected chi connectivity index (χ2v) is 7.02. The number of piperazine rings is 1. The lowest BCUT2D eigenvalue weighted by Crippen LogP contribution is -2.49. The molecule has 1 saturated heterocycles. The Labute approximate surface area is 159 Å². The van der Waals surface area contributed by atoms with Crippen LogP contribution in [0.25, 0.3) is 11.4 Å². The highest BCUT2D eigenvalue weighted by molar-refractivity contribution is 5.78. The fraction of sp³-hybridized carbons (Fsp3) is 0.526. The number of benzene rings is 1. The number of hydrogen-bond donors (Lipinski definition) is 1. The largest absolute Gasteiger partial charge is 0.497 e. The van der Waals surface area contributed by atoms with Gasteiger partial charge in [-0.15, -0.1) is 0 Å². The van der Waals surface area contributed by atoms with E-state index in [2.05, 4.69) is 25.3 Å². The van der Waals surface area contributed by atoms with Gasteiger partial charge in [-0.2, -0.15) is 4.98 Å². The number of carbonyl (C=O) groups is 1. The monoisotopic (exact) mass is 373 g/mol. The Bertz CT molecular complexity index is 753. The fourth-order valence-corrected chi connectivity index (χ4v) is 3.07. The van der Waals surface area contributed by atoms with Crippen LogP contribution in [-0.4, -0.2) is 71.7 Å². The predicted octanol–water partition coefficient (Wildman–Crippen LogP) is 1.39. The smallest absolute Gasteiger partial charge is 0.241 e. The molecular weight excluding hydrogens is 346 g/mol. The highest BCUT2D eigenvalue weighted by Crippen LogP contribution is 2.21. The van der Waals surface area contributed by atoms with Gasteiger partial charge in [0, 0.05) is 37.8 Å². The lowest BCUT2D eigenvalue weighted by Gasteiger charge is -2.33. The van der Waals surface area contributed by atoms with Crippen LogP contribution >= 0.6 is 0 Å². The molecule has 27 heavy (non-hydrogen) atoms. The molecule has 3 rings (SSSR count). The van der Waals surface area contributed by atoms with E-state index in [0.717, 1.165) is 37.5 Å². The first kappa shape index (κ1) is 19.3. The summed E-state index contributed by atoms with van der Waals surface area (Å²) in [4.78, 5) is 20.8. The van der Waals surface area contributed by atoms with Crippen molar-refractivity contribution in [2.45, 2.75) is 26.4 Å². The minimum Gasteiger partial charge on any atom is -0.497 e. The van der Waals surface area contributed by atoms with Crippen LogP contribution in [0.3, 0.4) is 0 Å². The van der Waals surface area contributed by atoms with Crippen molar-refractivity contribution in [1.82, 2.24) is 25.3 Å². The van der Waals surface area contributed by atoms with Crippen molar-refractivity contribution in [2.75, 3.05) is 39.8 Å². The fourth-order valence-electron chi connectivity index (χ4n) is 3.07. The first-order valence-corrected chi connectivity index (χ1v) is 9.24. The van der Waals surface area contributed by atoms with Crippen molar-refractivity contribution in [3.63, 3.8) is 0 Å². The van der Waals surface area contributed by atoms with Gasteiger partial charge in [0.05, 0.1) is 20.2 Å². The number of ether oxygens (including phenoxy) is 1. The van der Waals surface area contributed by atoms with E-state index >= 15 is 0 Å². The Morgan fingerprint density at radius 1 is 1.26 bits per heavy atom. The average molecular weight is 373 g/mol. The van der Waals surface area contributed by atoms with Crippen molar-refractivity contribution >= 4 is 5.91 Å². The zero-order valence-corrected chi connectivity index (χ0v) is 16.1. The third-order valence-corrected chi connectivity index (χ3v) is 4.44. The van der Waals surface area contributed by atoms with Crippen LogP contribution in [0.5, 0.6) is 5.75 Å². The van der Waals surface area contributed by atoms with E-state index in [4.69, 9.17) is 9.26 Å². The molecule has 8 nitrogen and oxygen atoms in total. The molecule has 0 unspecified atom stereocenters. The number of nitrogens with one attached hydrogen (secondary N) is 1. The maximum atomic E-state index is 11.9. The Kier molecular flexibility index (Phi) is 6.41. The third kappa shape index (κ3) is 5.51. The Morgan fingerprint density at radius 2 is 2.00 bits per heavy atom. The topological polar surface area (TPSA) is 83.7 Å². The zero-order chi connectivity index (χ0) is 19.2. The summed E-state index contributed by atoms with van der Waals surface area (Å²) in [5, 5.41) is 7.01. The van der Waals surface area contributed by atoms with Gasteiger partial charge < -0.3 is 14.6 Å². The van der Waals surface area contributed by atoms with Gasteiger partial charge in [0.25, 0.3) is 0 Å². The molecule has 1 aliphatic heterocycles. The predicted molar refractivity (Wildman–Crippen MR) is 101 cm³/mol. The van der Waals surface area contributed by atoms with Crippen LogP contribution in [0.15, 0.2) is 28.8 Å². The van der Waals surface area contributed by atoms with Gasteiger partial charge in [-0.1, -0.05) is 17.3 Å². The van der Waals surface area contributed by atoms with Gasteiger partial charge in [0.1, 0.15) is 5.75 Å². The molecule has 0 bridgehead atoms. The zero-order valence-electron chi connectivity index (χ0n) is 16.1. The van der Waals surface area contributed by atoms with Crippen LogP contribution in [0, 0.1) is 0 Å². The minimum atomic E-state index is 0.0817. The second-order valence-electron chi connectivity index (χ2n) is 7.02. The highest BCUT2D eigenvalue weighted by atomic mass is 16.5. The third-order valence-electron chi connectivity index (χ3n) is 4.44. The average Bonchev–Trinajstić information content (AvgIpc) is 3.11. The minimum absolute atomic E-state index is 0.0817. The summed E-state index contributed by atoms with van der Waals surface area (Å²) < 4.78 is 10.6. The van der Waals surface area contributed by atoms with Crippen LogP contribution in [0.4, 0.5) is 0 Å². The van der Waals surface area contributed by atoms with Gasteiger partial charge in [0.15, 0.2) is 0 Å². The van der Waals surface area contributed by atoms with Crippen LogP contribution in [0.1, 0.15) is 19.7 Å². The summed E-state index contributed by atoms with van der Waals surface area (Å²) in [7, 11) is 1.63. The van der Waals surface area contributed by atoms with E-state index in [1.807, 2.05) is 38.1 Å². The summed E-state index contributed by atoms with van der Waals surface area (Å²) in [5.41, 5.74) is 0.866. The van der Waals surface area contributed by atoms with Crippen molar-refractivity contribution in [2.24, 2.45) is 0 Å². The summed E-state index contributed by atoms with van der Waals surface area (Å²) in [6.07, 6.45) is 0. The standard InChI is InChI=1S/C19H27N5O3/c1-14(2)20-17(25)12-23-7-9-24(10-8-23)13-18-21-19(22-27-18)15-5-4-6-16(11-15)26-3/h4-6,11,14H,7-10,12-13H2,1-3H3,(H,20,25). The number of carbonyl (C=O) groups excluding carboxylic acids is 1. The Balaban J connectivity index is 1.50. The van der Waals surface area contributed by atoms with E-state index in [9.17, 15) is 4.79 Å². The number of nitrogens with zero attached hydrogens (tertiary/aromatic N) is 4. The lowest BCUT2D eigenvalue weighted by atomic mass is 10.2. The Hall–Kier alpha value is -2.45. The van der Waals surface area contributed by atoms with Crippen molar-refractivity contribution in [1.29, 1.82) is 0 Å². The van der Waals surface area contributed by atoms with Gasteiger partial charge >= 0.3 is 0 Å². The summed E-state index contributed by atoms with van der Waals surface area (Å²) >= 11 is 0. The van der Waals surface area contributed by atoms with Crippen molar-refractivity contribution in [3.05, 3.63) is 30.2 Å². The van der Waals surface area contributed by atoms with E-state index in [0.29, 0.717) is 24.8 Å². The molecule has 2 aromatic rings. The van der Waals surface area contributed by atoms with Crippen LogP contribution < -0.4 is 10.1 Å². The van der Waals surface area contributed by atoms with E-state index < -0.39 is 0 Å². The number of methoxy groups -OCH3 is 1. The lowest BCUT2D eigenvalue weighted by molar-refractivity contribution is -0.123. The SMILES string of the molecule is COc1cccc(-c2noc(CN3CCN(CC(=O)NC(C)C)CC3)n2)c1. The van der Waals surface area contributed by atoms with E-state index in [1.165, 1.54) is 0 Å². The van der Waals surface area contributed by atoms with Crippen LogP contribution in [0.2, 0.25) is 0 Å². The molecule has 0 radical (unpaired) electrons. The number of hydrogen-bond acceptors (Lipinski definition) is 7. The second kappa shape index (κ2) is 8.96. The van der Waals surface area contributed by atoms with Crippen molar-refractivity contribution in [3.8, 4) is 17.1 Å². The Morgan fingerprint density at radius 3 is 2.70 bits per heavy atom. The van der Waals surface area contributed by atoms with E-state index in [-0.39, 0.29) is 11.9 Å². The number of aromatic nitrogens is 2. The highest BCUT2D eigenvalue weighted by Gasteiger charge is 2.21. The number of amides is 1. The maximum absolute atomic E-state index is 11.9. The van der Waals surface area contributed by atoms with Crippen LogP contribution in [-0.2, 0) is 11.3 Å². The molecule has 2 heterocycles. The number of rotatable bonds is 7.